The second-order valence-electron chi connectivity index (χ2n) is 4.12. The van der Waals surface area contributed by atoms with Gasteiger partial charge in [-0.25, -0.2) is 4.39 Å². The number of benzene rings is 1. The van der Waals surface area contributed by atoms with E-state index in [9.17, 15) is 9.18 Å². The van der Waals surface area contributed by atoms with E-state index in [1.807, 2.05) is 0 Å². The van der Waals surface area contributed by atoms with Gasteiger partial charge in [-0.1, -0.05) is 17.7 Å². The molecular formula is C12H14ClFN2O. The first-order chi connectivity index (χ1) is 8.18. The maximum Gasteiger partial charge on any atom is 0.253 e. The van der Waals surface area contributed by atoms with Gasteiger partial charge in [0.25, 0.3) is 5.91 Å². The number of halogens is 2. The number of amides is 1. The Labute approximate surface area is 104 Å². The zero-order chi connectivity index (χ0) is 12.3. The number of nitrogens with one attached hydrogen (secondary N) is 2. The Morgan fingerprint density at radius 3 is 3.06 bits per heavy atom. The molecule has 0 bridgehead atoms. The summed E-state index contributed by atoms with van der Waals surface area (Å²) in [7, 11) is 0. The highest BCUT2D eigenvalue weighted by atomic mass is 35.5. The summed E-state index contributed by atoms with van der Waals surface area (Å²) >= 11 is 5.75. The Balaban J connectivity index is 2.06. The Hall–Kier alpha value is -1.13. The van der Waals surface area contributed by atoms with E-state index in [1.165, 1.54) is 18.2 Å². The van der Waals surface area contributed by atoms with Crippen molar-refractivity contribution in [3.05, 3.63) is 34.6 Å². The van der Waals surface area contributed by atoms with E-state index in [1.54, 1.807) is 0 Å². The summed E-state index contributed by atoms with van der Waals surface area (Å²) in [6.45, 7) is 1.73. The average Bonchev–Trinajstić information content (AvgIpc) is 2.34. The van der Waals surface area contributed by atoms with Crippen LogP contribution in [-0.4, -0.2) is 25.0 Å². The number of carbonyl (C=O) groups excluding carboxylic acids is 1. The molecule has 92 valence electrons. The molecule has 0 saturated carbocycles. The third-order valence-corrected chi connectivity index (χ3v) is 3.21. The first-order valence-corrected chi connectivity index (χ1v) is 6.02. The van der Waals surface area contributed by atoms with Gasteiger partial charge in [0.1, 0.15) is 5.82 Å². The summed E-state index contributed by atoms with van der Waals surface area (Å²) in [4.78, 5) is 11.9. The standard InChI is InChI=1S/C12H14ClFN2O/c13-11-9(4-1-5-10(11)14)12(17)16-8-3-2-6-15-7-8/h1,4-5,8,15H,2-3,6-7H2,(H,16,17)/t8-/m0/s1. The van der Waals surface area contributed by atoms with E-state index in [0.717, 1.165) is 25.9 Å². The van der Waals surface area contributed by atoms with Crippen LogP contribution in [-0.2, 0) is 0 Å². The fraction of sp³-hybridized carbons (Fsp3) is 0.417. The molecule has 1 aromatic rings. The van der Waals surface area contributed by atoms with E-state index >= 15 is 0 Å². The van der Waals surface area contributed by atoms with Crippen molar-refractivity contribution in [2.24, 2.45) is 0 Å². The van der Waals surface area contributed by atoms with Crippen LogP contribution in [0.1, 0.15) is 23.2 Å². The number of carbonyl (C=O) groups is 1. The van der Waals surface area contributed by atoms with Gasteiger partial charge in [0, 0.05) is 12.6 Å². The fourth-order valence-electron chi connectivity index (χ4n) is 1.92. The molecule has 0 radical (unpaired) electrons. The molecule has 1 aliphatic heterocycles. The van der Waals surface area contributed by atoms with Crippen molar-refractivity contribution >= 4 is 17.5 Å². The Morgan fingerprint density at radius 1 is 1.53 bits per heavy atom. The van der Waals surface area contributed by atoms with Gasteiger partial charge in [-0.2, -0.15) is 0 Å². The molecule has 0 unspecified atom stereocenters. The lowest BCUT2D eigenvalue weighted by Crippen LogP contribution is -2.45. The van der Waals surface area contributed by atoms with Crippen molar-refractivity contribution in [2.75, 3.05) is 13.1 Å². The van der Waals surface area contributed by atoms with Crippen LogP contribution in [0.3, 0.4) is 0 Å². The summed E-state index contributed by atoms with van der Waals surface area (Å²) in [5, 5.41) is 5.93. The van der Waals surface area contributed by atoms with Gasteiger partial charge < -0.3 is 10.6 Å². The van der Waals surface area contributed by atoms with Gasteiger partial charge in [-0.05, 0) is 31.5 Å². The molecule has 1 heterocycles. The van der Waals surface area contributed by atoms with Crippen molar-refractivity contribution in [2.45, 2.75) is 18.9 Å². The number of piperidine rings is 1. The van der Waals surface area contributed by atoms with Crippen molar-refractivity contribution in [3.63, 3.8) is 0 Å². The molecule has 1 aliphatic rings. The topological polar surface area (TPSA) is 41.1 Å². The van der Waals surface area contributed by atoms with Crippen molar-refractivity contribution in [1.82, 2.24) is 10.6 Å². The highest BCUT2D eigenvalue weighted by Gasteiger charge is 2.18. The van der Waals surface area contributed by atoms with Crippen molar-refractivity contribution < 1.29 is 9.18 Å². The van der Waals surface area contributed by atoms with Crippen LogP contribution in [0, 0.1) is 5.82 Å². The average molecular weight is 257 g/mol. The van der Waals surface area contributed by atoms with Crippen molar-refractivity contribution in [3.8, 4) is 0 Å². The summed E-state index contributed by atoms with van der Waals surface area (Å²) in [6, 6.07) is 4.34. The van der Waals surface area contributed by atoms with Crippen LogP contribution < -0.4 is 10.6 Å². The normalized spacial score (nSPS) is 20.0. The Kier molecular flexibility index (Phi) is 3.97. The molecule has 5 heteroatoms. The molecule has 1 amide bonds. The monoisotopic (exact) mass is 256 g/mol. The van der Waals surface area contributed by atoms with Gasteiger partial charge in [-0.15, -0.1) is 0 Å². The summed E-state index contributed by atoms with van der Waals surface area (Å²) in [5.74, 6) is -0.885. The minimum Gasteiger partial charge on any atom is -0.348 e. The Morgan fingerprint density at radius 2 is 2.35 bits per heavy atom. The van der Waals surface area contributed by atoms with Gasteiger partial charge in [0.15, 0.2) is 0 Å². The zero-order valence-electron chi connectivity index (χ0n) is 9.30. The minimum atomic E-state index is -0.568. The lowest BCUT2D eigenvalue weighted by molar-refractivity contribution is 0.0930. The molecule has 2 rings (SSSR count). The quantitative estimate of drug-likeness (QED) is 0.849. The van der Waals surface area contributed by atoms with Crippen LogP contribution in [0.25, 0.3) is 0 Å². The van der Waals surface area contributed by atoms with Gasteiger partial charge in [0.2, 0.25) is 0 Å². The van der Waals surface area contributed by atoms with E-state index in [4.69, 9.17) is 11.6 Å². The summed E-state index contributed by atoms with van der Waals surface area (Å²) < 4.78 is 13.2. The van der Waals surface area contributed by atoms with E-state index in [-0.39, 0.29) is 22.5 Å². The Bertz CT molecular complexity index is 419. The zero-order valence-corrected chi connectivity index (χ0v) is 10.1. The summed E-state index contributed by atoms with van der Waals surface area (Å²) in [5.41, 5.74) is 0.192. The molecule has 1 aromatic carbocycles. The summed E-state index contributed by atoms with van der Waals surface area (Å²) in [6.07, 6.45) is 1.97. The maximum atomic E-state index is 13.2. The van der Waals surface area contributed by atoms with Crippen LogP contribution in [0.15, 0.2) is 18.2 Å². The van der Waals surface area contributed by atoms with E-state index < -0.39 is 5.82 Å². The fourth-order valence-corrected chi connectivity index (χ4v) is 2.13. The molecule has 3 nitrogen and oxygen atoms in total. The van der Waals surface area contributed by atoms with Gasteiger partial charge in [0.05, 0.1) is 10.6 Å². The predicted octanol–water partition coefficient (Wildman–Crippen LogP) is 1.96. The largest absolute Gasteiger partial charge is 0.348 e. The molecule has 0 aromatic heterocycles. The maximum absolute atomic E-state index is 13.2. The van der Waals surface area contributed by atoms with Crippen LogP contribution in [0.5, 0.6) is 0 Å². The molecular weight excluding hydrogens is 243 g/mol. The molecule has 1 atom stereocenters. The van der Waals surface area contributed by atoms with Crippen LogP contribution >= 0.6 is 11.6 Å². The first kappa shape index (κ1) is 12.3. The van der Waals surface area contributed by atoms with Crippen LogP contribution in [0.2, 0.25) is 5.02 Å². The molecule has 17 heavy (non-hydrogen) atoms. The number of rotatable bonds is 2. The minimum absolute atomic E-state index is 0.0931. The van der Waals surface area contributed by atoms with Gasteiger partial charge in [-0.3, -0.25) is 4.79 Å². The molecule has 0 aliphatic carbocycles. The van der Waals surface area contributed by atoms with E-state index in [2.05, 4.69) is 10.6 Å². The van der Waals surface area contributed by atoms with Gasteiger partial charge >= 0.3 is 0 Å². The number of hydrogen-bond donors (Lipinski definition) is 2. The third-order valence-electron chi connectivity index (χ3n) is 2.83. The number of hydrogen-bond acceptors (Lipinski definition) is 2. The second-order valence-corrected chi connectivity index (χ2v) is 4.50. The molecule has 0 spiro atoms. The highest BCUT2D eigenvalue weighted by molar-refractivity contribution is 6.34. The third kappa shape index (κ3) is 2.96. The highest BCUT2D eigenvalue weighted by Crippen LogP contribution is 2.19. The predicted molar refractivity (Wildman–Crippen MR) is 64.8 cm³/mol. The molecule has 1 saturated heterocycles. The van der Waals surface area contributed by atoms with E-state index in [0.29, 0.717) is 0 Å². The molecule has 2 N–H and O–H groups in total. The van der Waals surface area contributed by atoms with Crippen LogP contribution in [0.4, 0.5) is 4.39 Å². The van der Waals surface area contributed by atoms with Crippen molar-refractivity contribution in [1.29, 1.82) is 0 Å². The smallest absolute Gasteiger partial charge is 0.253 e. The lowest BCUT2D eigenvalue weighted by atomic mass is 10.1. The molecule has 1 fully saturated rings. The first-order valence-electron chi connectivity index (χ1n) is 5.64. The second kappa shape index (κ2) is 5.47. The SMILES string of the molecule is O=C(N[C@H]1CCCNC1)c1cccc(F)c1Cl. The lowest BCUT2D eigenvalue weighted by Gasteiger charge is -2.23.